The van der Waals surface area contributed by atoms with Crippen molar-refractivity contribution in [2.24, 2.45) is 0 Å². The molecule has 3 rings (SSSR count). The molecule has 26 heavy (non-hydrogen) atoms. The van der Waals surface area contributed by atoms with Crippen LogP contribution in [0.25, 0.3) is 0 Å². The number of anilines is 1. The SMILES string of the molecule is CCc1ccc(NCc2ccc(OCc3ccc(F)cc3)c(Br)c2)cc1. The van der Waals surface area contributed by atoms with Crippen LogP contribution in [0.5, 0.6) is 5.75 Å². The first kappa shape index (κ1) is 18.5. The molecule has 0 fully saturated rings. The molecule has 3 aromatic rings. The Bertz CT molecular complexity index is 847. The van der Waals surface area contributed by atoms with Crippen molar-refractivity contribution in [3.8, 4) is 5.75 Å². The van der Waals surface area contributed by atoms with Gasteiger partial charge in [0, 0.05) is 12.2 Å². The molecule has 0 saturated carbocycles. The number of nitrogens with one attached hydrogen (secondary N) is 1. The standard InChI is InChI=1S/C22H21BrFNO/c1-2-16-5-10-20(11-6-16)25-14-18-7-12-22(21(23)13-18)26-15-17-3-8-19(24)9-4-17/h3-13,25H,2,14-15H2,1H3. The molecule has 1 N–H and O–H groups in total. The van der Waals surface area contributed by atoms with Crippen LogP contribution in [0.2, 0.25) is 0 Å². The molecular formula is C22H21BrFNO. The van der Waals surface area contributed by atoms with E-state index in [9.17, 15) is 4.39 Å². The predicted molar refractivity (Wildman–Crippen MR) is 108 cm³/mol. The quantitative estimate of drug-likeness (QED) is 0.487. The Morgan fingerprint density at radius 2 is 1.54 bits per heavy atom. The highest BCUT2D eigenvalue weighted by molar-refractivity contribution is 9.10. The second kappa shape index (κ2) is 8.86. The molecule has 0 saturated heterocycles. The van der Waals surface area contributed by atoms with Gasteiger partial charge in [0.1, 0.15) is 18.2 Å². The Morgan fingerprint density at radius 1 is 0.885 bits per heavy atom. The summed E-state index contributed by atoms with van der Waals surface area (Å²) in [6.07, 6.45) is 1.05. The smallest absolute Gasteiger partial charge is 0.134 e. The maximum absolute atomic E-state index is 12.9. The largest absolute Gasteiger partial charge is 0.488 e. The van der Waals surface area contributed by atoms with Crippen LogP contribution in [0.1, 0.15) is 23.6 Å². The third-order valence-electron chi connectivity index (χ3n) is 4.16. The first-order valence-corrected chi connectivity index (χ1v) is 9.42. The number of hydrogen-bond acceptors (Lipinski definition) is 2. The normalized spacial score (nSPS) is 10.6. The van der Waals surface area contributed by atoms with E-state index in [1.54, 1.807) is 12.1 Å². The number of aryl methyl sites for hydroxylation is 1. The highest BCUT2D eigenvalue weighted by Gasteiger charge is 2.04. The highest BCUT2D eigenvalue weighted by Crippen LogP contribution is 2.27. The van der Waals surface area contributed by atoms with Crippen molar-refractivity contribution in [3.05, 3.63) is 93.7 Å². The average Bonchev–Trinajstić information content (AvgIpc) is 2.67. The van der Waals surface area contributed by atoms with E-state index < -0.39 is 0 Å². The average molecular weight is 414 g/mol. The van der Waals surface area contributed by atoms with Crippen LogP contribution in [0.15, 0.2) is 71.2 Å². The number of hydrogen-bond donors (Lipinski definition) is 1. The van der Waals surface area contributed by atoms with Crippen LogP contribution >= 0.6 is 15.9 Å². The van der Waals surface area contributed by atoms with Crippen molar-refractivity contribution in [2.75, 3.05) is 5.32 Å². The fourth-order valence-corrected chi connectivity index (χ4v) is 3.12. The fraction of sp³-hybridized carbons (Fsp3) is 0.182. The number of ether oxygens (including phenoxy) is 1. The monoisotopic (exact) mass is 413 g/mol. The van der Waals surface area contributed by atoms with Crippen molar-refractivity contribution in [1.29, 1.82) is 0 Å². The van der Waals surface area contributed by atoms with Crippen molar-refractivity contribution >= 4 is 21.6 Å². The summed E-state index contributed by atoms with van der Waals surface area (Å²) in [5.41, 5.74) is 4.53. The molecule has 0 heterocycles. The van der Waals surface area contributed by atoms with Gasteiger partial charge in [-0.2, -0.15) is 0 Å². The van der Waals surface area contributed by atoms with E-state index in [-0.39, 0.29) is 5.82 Å². The maximum Gasteiger partial charge on any atom is 0.134 e. The molecule has 3 aromatic carbocycles. The Labute approximate surface area is 162 Å². The zero-order chi connectivity index (χ0) is 18.4. The summed E-state index contributed by atoms with van der Waals surface area (Å²) < 4.78 is 19.7. The van der Waals surface area contributed by atoms with E-state index in [1.807, 2.05) is 18.2 Å². The fourth-order valence-electron chi connectivity index (χ4n) is 2.58. The van der Waals surface area contributed by atoms with Crippen molar-refractivity contribution in [2.45, 2.75) is 26.5 Å². The van der Waals surface area contributed by atoms with Crippen LogP contribution < -0.4 is 10.1 Å². The molecule has 0 radical (unpaired) electrons. The zero-order valence-electron chi connectivity index (χ0n) is 14.6. The first-order valence-electron chi connectivity index (χ1n) is 8.62. The molecule has 0 aliphatic carbocycles. The zero-order valence-corrected chi connectivity index (χ0v) is 16.2. The number of halogens is 2. The summed E-state index contributed by atoms with van der Waals surface area (Å²) in [5.74, 6) is 0.529. The molecule has 134 valence electrons. The van der Waals surface area contributed by atoms with Gasteiger partial charge in [-0.05, 0) is 75.4 Å². The lowest BCUT2D eigenvalue weighted by Gasteiger charge is -2.11. The summed E-state index contributed by atoms with van der Waals surface area (Å²) in [6.45, 7) is 3.29. The Hall–Kier alpha value is -2.33. The molecule has 2 nitrogen and oxygen atoms in total. The lowest BCUT2D eigenvalue weighted by molar-refractivity contribution is 0.304. The molecule has 4 heteroatoms. The summed E-state index contributed by atoms with van der Waals surface area (Å²) in [5, 5.41) is 3.42. The Balaban J connectivity index is 1.57. The molecule has 0 spiro atoms. The molecular weight excluding hydrogens is 393 g/mol. The van der Waals surface area contributed by atoms with E-state index >= 15 is 0 Å². The minimum atomic E-state index is -0.240. The molecule has 0 bridgehead atoms. The van der Waals surface area contributed by atoms with E-state index in [4.69, 9.17) is 4.74 Å². The molecule has 0 aliphatic heterocycles. The van der Waals surface area contributed by atoms with Gasteiger partial charge in [-0.25, -0.2) is 4.39 Å². The van der Waals surface area contributed by atoms with E-state index in [0.29, 0.717) is 6.61 Å². The number of benzene rings is 3. The molecule has 0 unspecified atom stereocenters. The molecule has 0 atom stereocenters. The third kappa shape index (κ3) is 5.09. The second-order valence-corrected chi connectivity index (χ2v) is 6.94. The van der Waals surface area contributed by atoms with Crippen molar-refractivity contribution in [1.82, 2.24) is 0 Å². The summed E-state index contributed by atoms with van der Waals surface area (Å²) in [4.78, 5) is 0. The molecule has 0 aromatic heterocycles. The van der Waals surface area contributed by atoms with E-state index in [0.717, 1.165) is 40.0 Å². The van der Waals surface area contributed by atoms with E-state index in [1.165, 1.54) is 17.7 Å². The van der Waals surface area contributed by atoms with Crippen LogP contribution in [0, 0.1) is 5.82 Å². The van der Waals surface area contributed by atoms with Gasteiger partial charge in [0.2, 0.25) is 0 Å². The van der Waals surface area contributed by atoms with Gasteiger partial charge in [-0.1, -0.05) is 37.3 Å². The van der Waals surface area contributed by atoms with Crippen LogP contribution in [-0.2, 0) is 19.6 Å². The van der Waals surface area contributed by atoms with Crippen LogP contribution in [0.4, 0.5) is 10.1 Å². The third-order valence-corrected chi connectivity index (χ3v) is 4.78. The lowest BCUT2D eigenvalue weighted by Crippen LogP contribution is -2.01. The highest BCUT2D eigenvalue weighted by atomic mass is 79.9. The molecule has 0 aliphatic rings. The van der Waals surface area contributed by atoms with Crippen LogP contribution in [0.3, 0.4) is 0 Å². The summed E-state index contributed by atoms with van der Waals surface area (Å²) in [7, 11) is 0. The minimum absolute atomic E-state index is 0.240. The lowest BCUT2D eigenvalue weighted by atomic mass is 10.1. The van der Waals surface area contributed by atoms with E-state index in [2.05, 4.69) is 52.4 Å². The Kier molecular flexibility index (Phi) is 6.29. The van der Waals surface area contributed by atoms with Gasteiger partial charge in [0.05, 0.1) is 4.47 Å². The van der Waals surface area contributed by atoms with Crippen LogP contribution in [-0.4, -0.2) is 0 Å². The van der Waals surface area contributed by atoms with Gasteiger partial charge in [0.15, 0.2) is 0 Å². The van der Waals surface area contributed by atoms with Gasteiger partial charge >= 0.3 is 0 Å². The molecule has 0 amide bonds. The number of rotatable bonds is 7. The topological polar surface area (TPSA) is 21.3 Å². The van der Waals surface area contributed by atoms with Gasteiger partial charge < -0.3 is 10.1 Å². The first-order chi connectivity index (χ1) is 12.6. The maximum atomic E-state index is 12.9. The predicted octanol–water partition coefficient (Wildman–Crippen LogP) is 6.34. The summed E-state index contributed by atoms with van der Waals surface area (Å²) >= 11 is 3.56. The summed E-state index contributed by atoms with van der Waals surface area (Å²) in [6, 6.07) is 20.9. The minimum Gasteiger partial charge on any atom is -0.488 e. The van der Waals surface area contributed by atoms with Crippen molar-refractivity contribution < 1.29 is 9.13 Å². The van der Waals surface area contributed by atoms with Gasteiger partial charge in [-0.3, -0.25) is 0 Å². The van der Waals surface area contributed by atoms with Crippen molar-refractivity contribution in [3.63, 3.8) is 0 Å². The van der Waals surface area contributed by atoms with Gasteiger partial charge in [0.25, 0.3) is 0 Å². The Morgan fingerprint density at radius 3 is 2.19 bits per heavy atom. The van der Waals surface area contributed by atoms with Gasteiger partial charge in [-0.15, -0.1) is 0 Å². The second-order valence-electron chi connectivity index (χ2n) is 6.08.